The van der Waals surface area contributed by atoms with Crippen LogP contribution in [-0.2, 0) is 5.75 Å². The summed E-state index contributed by atoms with van der Waals surface area (Å²) in [7, 11) is 0. The average molecular weight is 275 g/mol. The number of hydrogen-bond donors (Lipinski definition) is 1. The topological polar surface area (TPSA) is 26.0 Å². The summed E-state index contributed by atoms with van der Waals surface area (Å²) in [5.41, 5.74) is 9.01. The third kappa shape index (κ3) is 3.74. The molecule has 0 saturated carbocycles. The first-order valence-corrected chi connectivity index (χ1v) is 7.31. The van der Waals surface area contributed by atoms with E-state index in [1.54, 1.807) is 17.8 Å². The van der Waals surface area contributed by atoms with Gasteiger partial charge in [0.1, 0.15) is 5.82 Å². The molecule has 0 aliphatic heterocycles. The molecule has 0 amide bonds. The molecule has 3 heteroatoms. The first kappa shape index (κ1) is 13.9. The molecule has 0 aliphatic rings. The van der Waals surface area contributed by atoms with Gasteiger partial charge in [0.2, 0.25) is 0 Å². The minimum atomic E-state index is -0.244. The molecule has 2 aromatic carbocycles. The van der Waals surface area contributed by atoms with E-state index < -0.39 is 0 Å². The molecule has 0 spiro atoms. The summed E-state index contributed by atoms with van der Waals surface area (Å²) in [4.78, 5) is 0.799. The summed E-state index contributed by atoms with van der Waals surface area (Å²) in [5, 5.41) is 0. The molecule has 0 fully saturated rings. The first-order chi connectivity index (χ1) is 9.06. The summed E-state index contributed by atoms with van der Waals surface area (Å²) in [6.07, 6.45) is 0. The van der Waals surface area contributed by atoms with Gasteiger partial charge in [-0.25, -0.2) is 4.39 Å². The lowest BCUT2D eigenvalue weighted by atomic mass is 10.0. The van der Waals surface area contributed by atoms with Gasteiger partial charge in [0, 0.05) is 16.3 Å². The molecule has 0 heterocycles. The number of nitrogen functional groups attached to an aromatic ring is 1. The fourth-order valence-corrected chi connectivity index (χ4v) is 2.74. The molecule has 0 aromatic heterocycles. The van der Waals surface area contributed by atoms with Gasteiger partial charge in [0.05, 0.1) is 0 Å². The van der Waals surface area contributed by atoms with E-state index in [0.717, 1.165) is 10.6 Å². The Kier molecular flexibility index (Phi) is 4.48. The molecule has 2 rings (SSSR count). The lowest BCUT2D eigenvalue weighted by Crippen LogP contribution is -1.91. The lowest BCUT2D eigenvalue weighted by molar-refractivity contribution is 0.624. The van der Waals surface area contributed by atoms with Crippen molar-refractivity contribution in [1.82, 2.24) is 0 Å². The highest BCUT2D eigenvalue weighted by Crippen LogP contribution is 2.29. The molecule has 0 bridgehead atoms. The van der Waals surface area contributed by atoms with Gasteiger partial charge in [-0.1, -0.05) is 38.1 Å². The zero-order valence-electron chi connectivity index (χ0n) is 11.2. The Hall–Kier alpha value is -1.48. The van der Waals surface area contributed by atoms with E-state index in [1.165, 1.54) is 23.3 Å². The average Bonchev–Trinajstić information content (AvgIpc) is 2.40. The van der Waals surface area contributed by atoms with Crippen LogP contribution in [0, 0.1) is 5.82 Å². The largest absolute Gasteiger partial charge is 0.398 e. The second-order valence-corrected chi connectivity index (χ2v) is 5.88. The molecule has 0 unspecified atom stereocenters. The molecule has 0 atom stereocenters. The Morgan fingerprint density at radius 2 is 1.79 bits per heavy atom. The summed E-state index contributed by atoms with van der Waals surface area (Å²) >= 11 is 1.56. The van der Waals surface area contributed by atoms with Crippen LogP contribution in [0.3, 0.4) is 0 Å². The Morgan fingerprint density at radius 3 is 2.42 bits per heavy atom. The van der Waals surface area contributed by atoms with Crippen LogP contribution in [0.15, 0.2) is 47.4 Å². The van der Waals surface area contributed by atoms with Crippen LogP contribution >= 0.6 is 11.8 Å². The molecule has 100 valence electrons. The number of hydrogen-bond acceptors (Lipinski definition) is 2. The highest BCUT2D eigenvalue weighted by Gasteiger charge is 2.04. The van der Waals surface area contributed by atoms with Crippen LogP contribution in [-0.4, -0.2) is 0 Å². The van der Waals surface area contributed by atoms with Gasteiger partial charge in [-0.05, 0) is 35.2 Å². The smallest absolute Gasteiger partial charge is 0.124 e. The van der Waals surface area contributed by atoms with Crippen molar-refractivity contribution in [3.63, 3.8) is 0 Å². The van der Waals surface area contributed by atoms with E-state index in [4.69, 9.17) is 5.73 Å². The molecule has 2 aromatic rings. The van der Waals surface area contributed by atoms with Crippen molar-refractivity contribution >= 4 is 17.4 Å². The molecule has 0 saturated heterocycles. The number of nitrogens with two attached hydrogens (primary N) is 1. The van der Waals surface area contributed by atoms with Crippen LogP contribution < -0.4 is 5.73 Å². The SMILES string of the molecule is CC(C)c1ccc(CSc2cc(F)ccc2N)cc1. The number of halogens is 1. The van der Waals surface area contributed by atoms with Gasteiger partial charge in [-0.3, -0.25) is 0 Å². The highest BCUT2D eigenvalue weighted by atomic mass is 32.2. The van der Waals surface area contributed by atoms with Gasteiger partial charge in [-0.15, -0.1) is 11.8 Å². The second kappa shape index (κ2) is 6.11. The van der Waals surface area contributed by atoms with Crippen molar-refractivity contribution < 1.29 is 4.39 Å². The summed E-state index contributed by atoms with van der Waals surface area (Å²) in [5.74, 6) is 1.10. The van der Waals surface area contributed by atoms with Gasteiger partial charge in [0.15, 0.2) is 0 Å². The fourth-order valence-electron chi connectivity index (χ4n) is 1.79. The molecule has 2 N–H and O–H groups in total. The van der Waals surface area contributed by atoms with Crippen LogP contribution in [0.25, 0.3) is 0 Å². The zero-order chi connectivity index (χ0) is 13.8. The molecule has 1 nitrogen and oxygen atoms in total. The Morgan fingerprint density at radius 1 is 1.11 bits per heavy atom. The van der Waals surface area contributed by atoms with E-state index in [-0.39, 0.29) is 5.82 Å². The zero-order valence-corrected chi connectivity index (χ0v) is 12.0. The van der Waals surface area contributed by atoms with Crippen molar-refractivity contribution in [3.8, 4) is 0 Å². The molecule has 19 heavy (non-hydrogen) atoms. The van der Waals surface area contributed by atoms with Gasteiger partial charge in [0.25, 0.3) is 0 Å². The van der Waals surface area contributed by atoms with Crippen molar-refractivity contribution in [3.05, 3.63) is 59.4 Å². The Labute approximate surface area is 118 Å². The van der Waals surface area contributed by atoms with Crippen LogP contribution in [0.2, 0.25) is 0 Å². The highest BCUT2D eigenvalue weighted by molar-refractivity contribution is 7.98. The molecule has 0 aliphatic carbocycles. The predicted molar refractivity (Wildman–Crippen MR) is 80.9 cm³/mol. The standard InChI is InChI=1S/C16H18FNS/c1-11(2)13-5-3-12(4-6-13)10-19-16-9-14(17)7-8-15(16)18/h3-9,11H,10,18H2,1-2H3. The monoisotopic (exact) mass is 275 g/mol. The number of thioether (sulfide) groups is 1. The maximum Gasteiger partial charge on any atom is 0.124 e. The van der Waals surface area contributed by atoms with Crippen molar-refractivity contribution in [2.75, 3.05) is 5.73 Å². The van der Waals surface area contributed by atoms with Gasteiger partial charge >= 0.3 is 0 Å². The van der Waals surface area contributed by atoms with E-state index in [2.05, 4.69) is 38.1 Å². The van der Waals surface area contributed by atoms with E-state index in [1.807, 2.05) is 0 Å². The Balaban J connectivity index is 2.04. The van der Waals surface area contributed by atoms with Gasteiger partial charge in [-0.2, -0.15) is 0 Å². The normalized spacial score (nSPS) is 10.9. The number of rotatable bonds is 4. The van der Waals surface area contributed by atoms with E-state index in [0.29, 0.717) is 11.6 Å². The first-order valence-electron chi connectivity index (χ1n) is 6.33. The summed E-state index contributed by atoms with van der Waals surface area (Å²) < 4.78 is 13.1. The number of benzene rings is 2. The van der Waals surface area contributed by atoms with Crippen LogP contribution in [0.5, 0.6) is 0 Å². The summed E-state index contributed by atoms with van der Waals surface area (Å²) in [6.45, 7) is 4.36. The van der Waals surface area contributed by atoms with Crippen molar-refractivity contribution in [2.24, 2.45) is 0 Å². The second-order valence-electron chi connectivity index (χ2n) is 4.87. The van der Waals surface area contributed by atoms with E-state index >= 15 is 0 Å². The molecular weight excluding hydrogens is 257 g/mol. The van der Waals surface area contributed by atoms with Crippen LogP contribution in [0.1, 0.15) is 30.9 Å². The molecule has 0 radical (unpaired) electrons. The maximum atomic E-state index is 13.1. The maximum absolute atomic E-state index is 13.1. The third-order valence-corrected chi connectivity index (χ3v) is 4.16. The third-order valence-electron chi connectivity index (χ3n) is 3.02. The molecular formula is C16H18FNS. The van der Waals surface area contributed by atoms with Crippen LogP contribution in [0.4, 0.5) is 10.1 Å². The Bertz CT molecular complexity index is 549. The fraction of sp³-hybridized carbons (Fsp3) is 0.250. The van der Waals surface area contributed by atoms with Crippen molar-refractivity contribution in [1.29, 1.82) is 0 Å². The van der Waals surface area contributed by atoms with Crippen molar-refractivity contribution in [2.45, 2.75) is 30.4 Å². The summed E-state index contributed by atoms with van der Waals surface area (Å²) in [6, 6.07) is 13.0. The lowest BCUT2D eigenvalue weighted by Gasteiger charge is -2.08. The number of anilines is 1. The quantitative estimate of drug-likeness (QED) is 0.639. The predicted octanol–water partition coefficient (Wildman–Crippen LogP) is 4.82. The van der Waals surface area contributed by atoms with Gasteiger partial charge < -0.3 is 5.73 Å². The minimum Gasteiger partial charge on any atom is -0.398 e. The van der Waals surface area contributed by atoms with E-state index in [9.17, 15) is 4.39 Å². The minimum absolute atomic E-state index is 0.244.